The maximum absolute atomic E-state index is 12.1. The maximum atomic E-state index is 12.1. The number of rotatable bonds is 4. The van der Waals surface area contributed by atoms with Gasteiger partial charge in [0.15, 0.2) is 0 Å². The predicted octanol–water partition coefficient (Wildman–Crippen LogP) is 3.15. The number of nitrogens with zero attached hydrogens (tertiary/aromatic N) is 1. The lowest BCUT2D eigenvalue weighted by molar-refractivity contribution is -0.156. The van der Waals surface area contributed by atoms with Crippen LogP contribution in [0, 0.1) is 5.92 Å². The first kappa shape index (κ1) is 17.0. The lowest BCUT2D eigenvalue weighted by Crippen LogP contribution is -2.39. The second-order valence-corrected chi connectivity index (χ2v) is 7.00. The van der Waals surface area contributed by atoms with Crippen molar-refractivity contribution >= 4 is 11.9 Å². The van der Waals surface area contributed by atoms with E-state index in [0.29, 0.717) is 6.04 Å². The van der Waals surface area contributed by atoms with E-state index in [-0.39, 0.29) is 24.7 Å². The lowest BCUT2D eigenvalue weighted by Gasteiger charge is -2.33. The Kier molecular flexibility index (Phi) is 6.03. The molecule has 0 radical (unpaired) electrons. The molecule has 0 spiro atoms. The van der Waals surface area contributed by atoms with Crippen molar-refractivity contribution < 1.29 is 14.3 Å². The second kappa shape index (κ2) is 7.09. The molecule has 20 heavy (non-hydrogen) atoms. The maximum Gasteiger partial charge on any atom is 0.306 e. The van der Waals surface area contributed by atoms with E-state index in [9.17, 15) is 9.59 Å². The van der Waals surface area contributed by atoms with Crippen molar-refractivity contribution in [2.24, 2.45) is 5.92 Å². The van der Waals surface area contributed by atoms with Crippen LogP contribution in [0.5, 0.6) is 0 Å². The number of hydrogen-bond acceptors (Lipinski definition) is 3. The Morgan fingerprint density at radius 2 is 1.65 bits per heavy atom. The molecule has 4 nitrogen and oxygen atoms in total. The SMILES string of the molecule is CC1CCC(N(C)C(=O)CCC(=O)OC(C)(C)C)CC1. The van der Waals surface area contributed by atoms with E-state index in [1.54, 1.807) is 0 Å². The molecule has 1 aliphatic carbocycles. The standard InChI is InChI=1S/C16H29NO3/c1-12-6-8-13(9-7-12)17(5)14(18)10-11-15(19)20-16(2,3)4/h12-13H,6-11H2,1-5H3. The van der Waals surface area contributed by atoms with Gasteiger partial charge in [0.25, 0.3) is 0 Å². The summed E-state index contributed by atoms with van der Waals surface area (Å²) in [6.45, 7) is 7.77. The van der Waals surface area contributed by atoms with Crippen molar-refractivity contribution in [1.29, 1.82) is 0 Å². The normalized spacial score (nSPS) is 23.2. The first-order valence-electron chi connectivity index (χ1n) is 7.66. The van der Waals surface area contributed by atoms with E-state index < -0.39 is 5.60 Å². The zero-order valence-electron chi connectivity index (χ0n) is 13.6. The summed E-state index contributed by atoms with van der Waals surface area (Å²) in [5.74, 6) is 0.531. The molecule has 116 valence electrons. The molecule has 1 amide bonds. The zero-order chi connectivity index (χ0) is 15.3. The van der Waals surface area contributed by atoms with Gasteiger partial charge in [-0.3, -0.25) is 9.59 Å². The number of ether oxygens (including phenoxy) is 1. The average molecular weight is 283 g/mol. The highest BCUT2D eigenvalue weighted by Gasteiger charge is 2.25. The van der Waals surface area contributed by atoms with Crippen molar-refractivity contribution in [1.82, 2.24) is 4.90 Å². The zero-order valence-corrected chi connectivity index (χ0v) is 13.6. The highest BCUT2D eigenvalue weighted by molar-refractivity contribution is 5.81. The van der Waals surface area contributed by atoms with E-state index in [0.717, 1.165) is 18.8 Å². The summed E-state index contributed by atoms with van der Waals surface area (Å²) in [6, 6.07) is 0.345. The van der Waals surface area contributed by atoms with Crippen LogP contribution in [0.1, 0.15) is 66.2 Å². The molecule has 0 aromatic rings. The van der Waals surface area contributed by atoms with Crippen molar-refractivity contribution in [3.63, 3.8) is 0 Å². The molecule has 0 saturated heterocycles. The molecule has 4 heteroatoms. The van der Waals surface area contributed by atoms with Crippen molar-refractivity contribution in [3.8, 4) is 0 Å². The number of carbonyl (C=O) groups is 2. The van der Waals surface area contributed by atoms with Crippen molar-refractivity contribution in [2.75, 3.05) is 7.05 Å². The monoisotopic (exact) mass is 283 g/mol. The van der Waals surface area contributed by atoms with Gasteiger partial charge in [0, 0.05) is 19.5 Å². The smallest absolute Gasteiger partial charge is 0.306 e. The third kappa shape index (κ3) is 5.93. The average Bonchev–Trinajstić information content (AvgIpc) is 2.34. The fourth-order valence-corrected chi connectivity index (χ4v) is 2.61. The summed E-state index contributed by atoms with van der Waals surface area (Å²) >= 11 is 0. The number of amides is 1. The minimum absolute atomic E-state index is 0.0513. The number of carbonyl (C=O) groups excluding carboxylic acids is 2. The van der Waals surface area contributed by atoms with Crippen LogP contribution in [0.25, 0.3) is 0 Å². The van der Waals surface area contributed by atoms with Crippen LogP contribution < -0.4 is 0 Å². The first-order valence-corrected chi connectivity index (χ1v) is 7.66. The summed E-state index contributed by atoms with van der Waals surface area (Å²) in [4.78, 5) is 25.6. The number of esters is 1. The quantitative estimate of drug-likeness (QED) is 0.745. The van der Waals surface area contributed by atoms with E-state index >= 15 is 0 Å². The van der Waals surface area contributed by atoms with Crippen LogP contribution in [-0.2, 0) is 14.3 Å². The van der Waals surface area contributed by atoms with Gasteiger partial charge >= 0.3 is 5.97 Å². The fourth-order valence-electron chi connectivity index (χ4n) is 2.61. The van der Waals surface area contributed by atoms with Crippen LogP contribution in [-0.4, -0.2) is 35.5 Å². The van der Waals surface area contributed by atoms with Crippen LogP contribution in [0.15, 0.2) is 0 Å². The number of hydrogen-bond donors (Lipinski definition) is 0. The van der Waals surface area contributed by atoms with Crippen molar-refractivity contribution in [2.45, 2.75) is 77.9 Å². The van der Waals surface area contributed by atoms with E-state index in [1.807, 2.05) is 32.7 Å². The summed E-state index contributed by atoms with van der Waals surface area (Å²) in [5, 5.41) is 0. The molecule has 0 aliphatic heterocycles. The lowest BCUT2D eigenvalue weighted by atomic mass is 9.86. The van der Waals surface area contributed by atoms with Gasteiger partial charge in [-0.05, 0) is 52.4 Å². The van der Waals surface area contributed by atoms with Gasteiger partial charge in [0.2, 0.25) is 5.91 Å². The van der Waals surface area contributed by atoms with E-state index in [1.165, 1.54) is 12.8 Å². The molecule has 0 heterocycles. The molecular weight excluding hydrogens is 254 g/mol. The Balaban J connectivity index is 2.33. The minimum Gasteiger partial charge on any atom is -0.460 e. The van der Waals surface area contributed by atoms with Crippen LogP contribution in [0.3, 0.4) is 0 Å². The molecule has 1 rings (SSSR count). The van der Waals surface area contributed by atoms with Gasteiger partial charge in [-0.1, -0.05) is 6.92 Å². The molecular formula is C16H29NO3. The third-order valence-corrected chi connectivity index (χ3v) is 3.89. The van der Waals surface area contributed by atoms with Crippen LogP contribution >= 0.6 is 0 Å². The Bertz CT molecular complexity index is 338. The summed E-state index contributed by atoms with van der Waals surface area (Å²) in [6.07, 6.45) is 4.95. The fraction of sp³-hybridized carbons (Fsp3) is 0.875. The Hall–Kier alpha value is -1.06. The molecule has 1 saturated carbocycles. The topological polar surface area (TPSA) is 46.6 Å². The van der Waals surface area contributed by atoms with Gasteiger partial charge in [0.05, 0.1) is 6.42 Å². The summed E-state index contributed by atoms with van der Waals surface area (Å²) in [7, 11) is 1.86. The van der Waals surface area contributed by atoms with Gasteiger partial charge < -0.3 is 9.64 Å². The molecule has 1 aliphatic rings. The summed E-state index contributed by atoms with van der Waals surface area (Å²) in [5.41, 5.74) is -0.481. The van der Waals surface area contributed by atoms with Gasteiger partial charge in [-0.2, -0.15) is 0 Å². The second-order valence-electron chi connectivity index (χ2n) is 7.00. The molecule has 0 atom stereocenters. The van der Waals surface area contributed by atoms with Gasteiger partial charge in [-0.25, -0.2) is 0 Å². The Morgan fingerprint density at radius 1 is 1.10 bits per heavy atom. The highest BCUT2D eigenvalue weighted by atomic mass is 16.6. The molecule has 1 fully saturated rings. The van der Waals surface area contributed by atoms with Gasteiger partial charge in [0.1, 0.15) is 5.60 Å². The molecule has 0 bridgehead atoms. The van der Waals surface area contributed by atoms with E-state index in [4.69, 9.17) is 4.74 Å². The molecule has 0 aromatic heterocycles. The largest absolute Gasteiger partial charge is 0.460 e. The minimum atomic E-state index is -0.481. The van der Waals surface area contributed by atoms with Crippen LogP contribution in [0.2, 0.25) is 0 Å². The summed E-state index contributed by atoms with van der Waals surface area (Å²) < 4.78 is 5.22. The van der Waals surface area contributed by atoms with E-state index in [2.05, 4.69) is 6.92 Å². The first-order chi connectivity index (χ1) is 9.19. The Morgan fingerprint density at radius 3 is 2.15 bits per heavy atom. The van der Waals surface area contributed by atoms with Crippen molar-refractivity contribution in [3.05, 3.63) is 0 Å². The highest BCUT2D eigenvalue weighted by Crippen LogP contribution is 2.26. The van der Waals surface area contributed by atoms with Crippen LogP contribution in [0.4, 0.5) is 0 Å². The Labute approximate surface area is 122 Å². The molecule has 0 unspecified atom stereocenters. The third-order valence-electron chi connectivity index (χ3n) is 3.89. The predicted molar refractivity (Wildman–Crippen MR) is 79.3 cm³/mol. The molecule has 0 aromatic carbocycles. The molecule has 0 N–H and O–H groups in total. The van der Waals surface area contributed by atoms with Gasteiger partial charge in [-0.15, -0.1) is 0 Å².